The number of amides is 2. The quantitative estimate of drug-likeness (QED) is 0.384. The zero-order valence-corrected chi connectivity index (χ0v) is 20.5. The Morgan fingerprint density at radius 3 is 2.63 bits per heavy atom. The van der Waals surface area contributed by atoms with Crippen molar-refractivity contribution in [2.75, 3.05) is 24.2 Å². The van der Waals surface area contributed by atoms with E-state index in [9.17, 15) is 18.0 Å². The molecule has 194 valence electrons. The van der Waals surface area contributed by atoms with Gasteiger partial charge < -0.3 is 20.9 Å². The first-order valence-electron chi connectivity index (χ1n) is 12.0. The molecule has 38 heavy (non-hydrogen) atoms. The van der Waals surface area contributed by atoms with Crippen molar-refractivity contribution < 1.29 is 18.0 Å². The van der Waals surface area contributed by atoms with E-state index < -0.39 is 17.8 Å². The number of amidine groups is 1. The van der Waals surface area contributed by atoms with Gasteiger partial charge in [-0.1, -0.05) is 30.3 Å². The van der Waals surface area contributed by atoms with Crippen LogP contribution in [0.25, 0.3) is 5.57 Å². The molecule has 3 aromatic rings. The summed E-state index contributed by atoms with van der Waals surface area (Å²) >= 11 is 0. The normalized spacial score (nSPS) is 16.4. The van der Waals surface area contributed by atoms with E-state index in [2.05, 4.69) is 38.0 Å². The smallest absolute Gasteiger partial charge is 0.373 e. The number of urea groups is 1. The van der Waals surface area contributed by atoms with Crippen LogP contribution in [0.15, 0.2) is 90.2 Å². The highest BCUT2D eigenvalue weighted by molar-refractivity contribution is 6.04. The van der Waals surface area contributed by atoms with Gasteiger partial charge in [0, 0.05) is 37.2 Å². The summed E-state index contributed by atoms with van der Waals surface area (Å²) in [6, 6.07) is 15.8. The van der Waals surface area contributed by atoms with Crippen LogP contribution in [-0.2, 0) is 12.7 Å². The summed E-state index contributed by atoms with van der Waals surface area (Å²) in [6.07, 6.45) is 3.49. The van der Waals surface area contributed by atoms with Gasteiger partial charge in [-0.3, -0.25) is 4.99 Å². The fourth-order valence-corrected chi connectivity index (χ4v) is 4.30. The maximum absolute atomic E-state index is 12.9. The highest BCUT2D eigenvalue weighted by Crippen LogP contribution is 2.33. The second-order valence-corrected chi connectivity index (χ2v) is 8.85. The summed E-state index contributed by atoms with van der Waals surface area (Å²) < 4.78 is 38.6. The largest absolute Gasteiger partial charge is 0.416 e. The van der Waals surface area contributed by atoms with E-state index in [1.165, 1.54) is 12.1 Å². The topological polar surface area (TPSA) is 81.6 Å². The number of carbonyl (C=O) groups is 1. The number of benzene rings is 2. The Morgan fingerprint density at radius 1 is 1.11 bits per heavy atom. The number of anilines is 2. The van der Waals surface area contributed by atoms with E-state index in [4.69, 9.17) is 4.99 Å². The molecule has 0 spiro atoms. The first-order chi connectivity index (χ1) is 18.3. The molecule has 3 N–H and O–H groups in total. The lowest BCUT2D eigenvalue weighted by Gasteiger charge is -2.26. The lowest BCUT2D eigenvalue weighted by molar-refractivity contribution is -0.137. The third-order valence-corrected chi connectivity index (χ3v) is 6.34. The van der Waals surface area contributed by atoms with Crippen molar-refractivity contribution in [3.05, 3.63) is 107 Å². The van der Waals surface area contributed by atoms with Crippen molar-refractivity contribution in [3.63, 3.8) is 0 Å². The van der Waals surface area contributed by atoms with E-state index >= 15 is 0 Å². The molecule has 0 fully saturated rings. The van der Waals surface area contributed by atoms with Gasteiger partial charge in [-0.25, -0.2) is 9.78 Å². The summed E-state index contributed by atoms with van der Waals surface area (Å²) in [7, 11) is 1.83. The van der Waals surface area contributed by atoms with E-state index in [0.29, 0.717) is 6.54 Å². The number of allylic oxidation sites excluding steroid dienone is 2. The summed E-state index contributed by atoms with van der Waals surface area (Å²) in [5, 5.41) is 8.13. The predicted octanol–water partition coefficient (Wildman–Crippen LogP) is 5.83. The number of nitrogens with zero attached hydrogens (tertiary/aromatic N) is 3. The number of nitrogens with one attached hydrogen (secondary N) is 3. The summed E-state index contributed by atoms with van der Waals surface area (Å²) in [4.78, 5) is 23.4. The van der Waals surface area contributed by atoms with E-state index in [-0.39, 0.29) is 18.3 Å². The number of hydrogen-bond acceptors (Lipinski definition) is 5. The van der Waals surface area contributed by atoms with Crippen molar-refractivity contribution in [2.24, 2.45) is 4.99 Å². The molecule has 0 saturated carbocycles. The minimum absolute atomic E-state index is 0.0649. The van der Waals surface area contributed by atoms with E-state index in [1.807, 2.05) is 55.8 Å². The van der Waals surface area contributed by atoms with Crippen LogP contribution in [0.2, 0.25) is 0 Å². The van der Waals surface area contributed by atoms with Gasteiger partial charge in [-0.2, -0.15) is 13.2 Å². The summed E-state index contributed by atoms with van der Waals surface area (Å²) in [5.41, 5.74) is 3.26. The Morgan fingerprint density at radius 2 is 1.92 bits per heavy atom. The zero-order valence-electron chi connectivity index (χ0n) is 20.5. The van der Waals surface area contributed by atoms with Gasteiger partial charge >= 0.3 is 12.2 Å². The Hall–Kier alpha value is -4.60. The molecule has 5 rings (SSSR count). The van der Waals surface area contributed by atoms with Gasteiger partial charge in [0.2, 0.25) is 0 Å². The lowest BCUT2D eigenvalue weighted by Crippen LogP contribution is -2.28. The Balaban J connectivity index is 1.16. The Kier molecular flexibility index (Phi) is 6.87. The molecule has 2 amide bonds. The first kappa shape index (κ1) is 25.1. The molecule has 0 radical (unpaired) electrons. The fraction of sp³-hybridized carbons (Fsp3) is 0.179. The van der Waals surface area contributed by atoms with Crippen molar-refractivity contribution in [3.8, 4) is 0 Å². The summed E-state index contributed by atoms with van der Waals surface area (Å²) in [6.45, 7) is 0.852. The molecule has 10 heteroatoms. The molecule has 0 saturated heterocycles. The number of fused-ring (bicyclic) bond motifs is 1. The molecule has 7 nitrogen and oxygen atoms in total. The lowest BCUT2D eigenvalue weighted by atomic mass is 10.0. The van der Waals surface area contributed by atoms with Crippen molar-refractivity contribution in [2.45, 2.75) is 18.8 Å². The van der Waals surface area contributed by atoms with Crippen molar-refractivity contribution in [1.29, 1.82) is 0 Å². The molecule has 1 atom stereocenters. The fourth-order valence-electron chi connectivity index (χ4n) is 4.30. The number of rotatable bonds is 6. The molecule has 2 aliphatic rings. The second kappa shape index (κ2) is 10.4. The van der Waals surface area contributed by atoms with Crippen LogP contribution in [0.4, 0.5) is 29.5 Å². The number of aromatic nitrogens is 1. The van der Waals surface area contributed by atoms with Crippen LogP contribution < -0.4 is 16.0 Å². The van der Waals surface area contributed by atoms with Gasteiger partial charge in [-0.05, 0) is 59.2 Å². The molecule has 2 aliphatic heterocycles. The number of aliphatic imine (C=N–C) groups is 1. The second-order valence-electron chi connectivity index (χ2n) is 8.85. The minimum Gasteiger partial charge on any atom is -0.373 e. The van der Waals surface area contributed by atoms with Gasteiger partial charge in [0.15, 0.2) is 0 Å². The first-order valence-corrected chi connectivity index (χ1v) is 12.0. The van der Waals surface area contributed by atoms with E-state index in [0.717, 1.165) is 46.0 Å². The average Bonchev–Trinajstić information content (AvgIpc) is 3.35. The summed E-state index contributed by atoms with van der Waals surface area (Å²) in [5.74, 6) is 1.70. The van der Waals surface area contributed by atoms with Crippen LogP contribution >= 0.6 is 0 Å². The maximum atomic E-state index is 12.9. The Bertz CT molecular complexity index is 1410. The molecule has 0 bridgehead atoms. The minimum atomic E-state index is -4.47. The molecule has 2 aromatic carbocycles. The molecule has 0 aliphatic carbocycles. The van der Waals surface area contributed by atoms with Crippen LogP contribution in [0.5, 0.6) is 0 Å². The van der Waals surface area contributed by atoms with E-state index in [1.54, 1.807) is 0 Å². The average molecular weight is 519 g/mol. The maximum Gasteiger partial charge on any atom is 0.416 e. The zero-order chi connectivity index (χ0) is 26.7. The molecule has 3 heterocycles. The highest BCUT2D eigenvalue weighted by Gasteiger charge is 2.30. The van der Waals surface area contributed by atoms with Gasteiger partial charge in [0.1, 0.15) is 11.7 Å². The van der Waals surface area contributed by atoms with Crippen LogP contribution in [0.3, 0.4) is 0 Å². The standard InChI is InChI=1S/C28H25F3N6O/c1-32-25-10-9-21(16-33-25)20-11-12-37-24(17-34-26(37)13-20)19-7-5-18(6-8-19)15-35-27(38)36-23-4-2-3-22(14-23)28(29,30)31/h2-14,16,24H,15,17H2,1H3,(H,32,33)(H2,35,36,38). The molecule has 1 unspecified atom stereocenters. The van der Waals surface area contributed by atoms with Gasteiger partial charge in [-0.15, -0.1) is 0 Å². The SMILES string of the molecule is CNc1ccc(C2=CC3=NCC(c4ccc(CNC(=O)Nc5cccc(C(F)(F)F)c5)cc4)N3C=C2)cn1. The van der Waals surface area contributed by atoms with Crippen LogP contribution in [0, 0.1) is 0 Å². The monoisotopic (exact) mass is 518 g/mol. The third-order valence-electron chi connectivity index (χ3n) is 6.34. The number of hydrogen-bond donors (Lipinski definition) is 3. The molecular formula is C28H25F3N6O. The van der Waals surface area contributed by atoms with Crippen LogP contribution in [-0.4, -0.2) is 35.3 Å². The number of carbonyl (C=O) groups excluding carboxylic acids is 1. The van der Waals surface area contributed by atoms with Gasteiger partial charge in [0.05, 0.1) is 18.2 Å². The van der Waals surface area contributed by atoms with Crippen molar-refractivity contribution >= 4 is 28.9 Å². The highest BCUT2D eigenvalue weighted by atomic mass is 19.4. The molecule has 1 aromatic heterocycles. The predicted molar refractivity (Wildman–Crippen MR) is 142 cm³/mol. The van der Waals surface area contributed by atoms with Crippen LogP contribution in [0.1, 0.15) is 28.3 Å². The van der Waals surface area contributed by atoms with Gasteiger partial charge in [0.25, 0.3) is 0 Å². The number of alkyl halides is 3. The van der Waals surface area contributed by atoms with Crippen molar-refractivity contribution in [1.82, 2.24) is 15.2 Å². The molecular weight excluding hydrogens is 493 g/mol. The Labute approximate surface area is 217 Å². The number of pyridine rings is 1. The number of halogens is 3. The third kappa shape index (κ3) is 5.54.